The van der Waals surface area contributed by atoms with Crippen molar-refractivity contribution in [3.05, 3.63) is 35.4 Å². The number of rotatable bonds is 6. The lowest BCUT2D eigenvalue weighted by Crippen LogP contribution is -2.25. The van der Waals surface area contributed by atoms with E-state index >= 15 is 0 Å². The van der Waals surface area contributed by atoms with Gasteiger partial charge < -0.3 is 0 Å². The zero-order valence-electron chi connectivity index (χ0n) is 13.6. The minimum atomic E-state index is -6.26. The summed E-state index contributed by atoms with van der Waals surface area (Å²) in [6.07, 6.45) is 0. The van der Waals surface area contributed by atoms with Gasteiger partial charge in [0.25, 0.3) is 0 Å². The van der Waals surface area contributed by atoms with Crippen LogP contribution in [0, 0.1) is 22.7 Å². The topological polar surface area (TPSA) is 159 Å². The third-order valence-electron chi connectivity index (χ3n) is 2.67. The van der Waals surface area contributed by atoms with E-state index < -0.39 is 53.8 Å². The second-order valence-corrected chi connectivity index (χ2v) is 7.64. The Morgan fingerprint density at radius 1 is 0.767 bits per heavy atom. The molecule has 0 unspecified atom stereocenters. The van der Waals surface area contributed by atoms with Crippen molar-refractivity contribution >= 4 is 31.7 Å². The lowest BCUT2D eigenvalue weighted by atomic mass is 10.0. The molecule has 1 rings (SSSR count). The first-order valence-electron chi connectivity index (χ1n) is 6.63. The van der Waals surface area contributed by atoms with E-state index in [1.807, 2.05) is 0 Å². The van der Waals surface area contributed by atoms with Crippen LogP contribution in [0.4, 0.5) is 26.3 Å². The molecule has 0 amide bonds. The number of nitrogens with zero attached hydrogens (tertiary/aromatic N) is 4. The van der Waals surface area contributed by atoms with Crippen LogP contribution in [0.3, 0.4) is 0 Å². The second-order valence-electron chi connectivity index (χ2n) is 4.60. The van der Waals surface area contributed by atoms with Crippen LogP contribution in [0.15, 0.2) is 34.6 Å². The Kier molecular flexibility index (Phi) is 7.03. The van der Waals surface area contributed by atoms with Gasteiger partial charge in [-0.25, -0.2) is 0 Å². The van der Waals surface area contributed by atoms with Gasteiger partial charge in [-0.05, 0) is 0 Å². The monoisotopic (exact) mass is 478 g/mol. The number of hydrogen-bond donors (Lipinski definition) is 0. The Morgan fingerprint density at radius 2 is 1.07 bits per heavy atom. The summed E-state index contributed by atoms with van der Waals surface area (Å²) in [5.74, 6) is 0. The average molecular weight is 478 g/mol. The van der Waals surface area contributed by atoms with Crippen molar-refractivity contribution in [1.29, 1.82) is 10.5 Å². The highest BCUT2D eigenvalue weighted by molar-refractivity contribution is 7.87. The van der Waals surface area contributed by atoms with Crippen LogP contribution >= 0.6 is 0 Å². The molecule has 1 aromatic carbocycles. The van der Waals surface area contributed by atoms with Crippen LogP contribution in [0.25, 0.3) is 0 Å². The second kappa shape index (κ2) is 8.55. The summed E-state index contributed by atoms with van der Waals surface area (Å²) in [5.41, 5.74) is -15.4. The Morgan fingerprint density at radius 3 is 1.30 bits per heavy atom. The molecule has 18 heteroatoms. The van der Waals surface area contributed by atoms with Crippen molar-refractivity contribution in [3.8, 4) is 12.1 Å². The number of alkyl halides is 6. The molecule has 1 aromatic rings. The Hall–Kier alpha value is -3.38. The van der Waals surface area contributed by atoms with Crippen molar-refractivity contribution in [2.75, 3.05) is 0 Å². The molecule has 10 nitrogen and oxygen atoms in total. The lowest BCUT2D eigenvalue weighted by molar-refractivity contribution is -0.0545. The summed E-state index contributed by atoms with van der Waals surface area (Å²) in [6.45, 7) is 0. The third-order valence-corrected chi connectivity index (χ3v) is 4.34. The Bertz CT molecular complexity index is 1080. The van der Waals surface area contributed by atoms with Gasteiger partial charge in [0.1, 0.15) is 12.1 Å². The third kappa shape index (κ3) is 5.58. The molecular weight excluding hydrogens is 474 g/mol. The standard InChI is InChI=1S/C12H4F6N4O6S2/c13-11(14,15)29(23,24)27-21-9(5-19)7-3-1-2-4-8(7)10(6-20)22-28-30(25,26)12(16,17)18/h1-4H. The van der Waals surface area contributed by atoms with Crippen molar-refractivity contribution in [2.24, 2.45) is 10.3 Å². The van der Waals surface area contributed by atoms with Crippen LogP contribution < -0.4 is 0 Å². The highest BCUT2D eigenvalue weighted by atomic mass is 32.2. The first-order valence-corrected chi connectivity index (χ1v) is 9.45. The van der Waals surface area contributed by atoms with Crippen LogP contribution in [0.2, 0.25) is 0 Å². The molecule has 0 saturated heterocycles. The van der Waals surface area contributed by atoms with E-state index in [0.717, 1.165) is 36.4 Å². The molecule has 0 heterocycles. The van der Waals surface area contributed by atoms with Crippen LogP contribution in [0.5, 0.6) is 0 Å². The van der Waals surface area contributed by atoms with Gasteiger partial charge >= 0.3 is 31.3 Å². The van der Waals surface area contributed by atoms with E-state index in [9.17, 15) is 43.2 Å². The molecule has 0 radical (unpaired) electrons. The normalized spacial score (nSPS) is 13.9. The minimum Gasteiger partial charge on any atom is -0.260 e. The zero-order valence-corrected chi connectivity index (χ0v) is 15.3. The number of nitriles is 2. The first-order chi connectivity index (χ1) is 13.6. The van der Waals surface area contributed by atoms with E-state index in [4.69, 9.17) is 10.5 Å². The van der Waals surface area contributed by atoms with E-state index in [-0.39, 0.29) is 0 Å². The quantitative estimate of drug-likeness (QED) is 0.259. The molecule has 0 N–H and O–H groups in total. The van der Waals surface area contributed by atoms with Gasteiger partial charge in [0.15, 0.2) is 11.4 Å². The summed E-state index contributed by atoms with van der Waals surface area (Å²) < 4.78 is 124. The molecular formula is C12H4F6N4O6S2. The predicted molar refractivity (Wildman–Crippen MR) is 82.9 cm³/mol. The van der Waals surface area contributed by atoms with Crippen LogP contribution in [-0.2, 0) is 28.8 Å². The zero-order chi connectivity index (χ0) is 23.4. The van der Waals surface area contributed by atoms with Gasteiger partial charge in [0, 0.05) is 11.1 Å². The van der Waals surface area contributed by atoms with Gasteiger partial charge in [-0.15, -0.1) is 0 Å². The number of hydrogen-bond acceptors (Lipinski definition) is 10. The fourth-order valence-electron chi connectivity index (χ4n) is 1.41. The molecule has 0 aromatic heterocycles. The fraction of sp³-hybridized carbons (Fsp3) is 0.167. The Balaban J connectivity index is 3.47. The molecule has 0 fully saturated rings. The molecule has 0 spiro atoms. The summed E-state index contributed by atoms with van der Waals surface area (Å²) in [6, 6.07) is 6.24. The highest BCUT2D eigenvalue weighted by Gasteiger charge is 2.50. The van der Waals surface area contributed by atoms with E-state index in [1.54, 1.807) is 0 Å². The van der Waals surface area contributed by atoms with Gasteiger partial charge in [-0.3, -0.25) is 8.57 Å². The summed E-state index contributed by atoms with van der Waals surface area (Å²) in [4.78, 5) is 0. The maximum atomic E-state index is 12.3. The lowest BCUT2D eigenvalue weighted by Gasteiger charge is -2.08. The largest absolute Gasteiger partial charge is 0.536 e. The van der Waals surface area contributed by atoms with E-state index in [0.29, 0.717) is 0 Å². The van der Waals surface area contributed by atoms with Gasteiger partial charge in [-0.2, -0.15) is 53.7 Å². The summed E-state index contributed by atoms with van der Waals surface area (Å²) in [7, 11) is -12.5. The van der Waals surface area contributed by atoms with Crippen molar-refractivity contribution in [1.82, 2.24) is 0 Å². The number of benzene rings is 1. The average Bonchev–Trinajstić information content (AvgIpc) is 2.61. The molecule has 0 aliphatic heterocycles. The molecule has 0 aliphatic rings. The van der Waals surface area contributed by atoms with E-state index in [1.165, 1.54) is 0 Å². The SMILES string of the molecule is N#CC(=NOS(=O)(=O)C(F)(F)F)c1ccccc1C(C#N)=NOS(=O)(=O)C(F)(F)F. The molecule has 30 heavy (non-hydrogen) atoms. The number of halogens is 6. The molecule has 0 atom stereocenters. The number of oxime groups is 2. The van der Waals surface area contributed by atoms with Crippen molar-refractivity contribution < 1.29 is 51.7 Å². The first kappa shape index (κ1) is 24.7. The maximum Gasteiger partial charge on any atom is 0.536 e. The van der Waals surface area contributed by atoms with Crippen LogP contribution in [-0.4, -0.2) is 39.3 Å². The minimum absolute atomic E-state index is 0.648. The highest BCUT2D eigenvalue weighted by Crippen LogP contribution is 2.26. The predicted octanol–water partition coefficient (Wildman–Crippen LogP) is 1.87. The summed E-state index contributed by atoms with van der Waals surface area (Å²) >= 11 is 0. The smallest absolute Gasteiger partial charge is 0.260 e. The Labute approximate surface area is 163 Å². The molecule has 0 bridgehead atoms. The molecule has 0 aliphatic carbocycles. The van der Waals surface area contributed by atoms with Gasteiger partial charge in [0.2, 0.25) is 0 Å². The van der Waals surface area contributed by atoms with Crippen molar-refractivity contribution in [2.45, 2.75) is 11.0 Å². The summed E-state index contributed by atoms with van der Waals surface area (Å²) in [5, 5.41) is 23.0. The van der Waals surface area contributed by atoms with E-state index in [2.05, 4.69) is 18.9 Å². The van der Waals surface area contributed by atoms with Crippen molar-refractivity contribution in [3.63, 3.8) is 0 Å². The van der Waals surface area contributed by atoms with Crippen LogP contribution in [0.1, 0.15) is 11.1 Å². The molecule has 0 saturated carbocycles. The molecule has 162 valence electrons. The fourth-order valence-corrected chi connectivity index (χ4v) is 1.93. The van der Waals surface area contributed by atoms with Gasteiger partial charge in [0.05, 0.1) is 0 Å². The van der Waals surface area contributed by atoms with Gasteiger partial charge in [-0.1, -0.05) is 34.6 Å². The maximum absolute atomic E-state index is 12.3.